The van der Waals surface area contributed by atoms with Crippen LogP contribution in [0.3, 0.4) is 0 Å². The topological polar surface area (TPSA) is 61.2 Å². The van der Waals surface area contributed by atoms with Gasteiger partial charge in [-0.15, -0.1) is 0 Å². The molecule has 1 unspecified atom stereocenters. The summed E-state index contributed by atoms with van der Waals surface area (Å²) < 4.78 is 11.6. The van der Waals surface area contributed by atoms with Crippen molar-refractivity contribution in [2.24, 2.45) is 0 Å². The molecule has 23 heavy (non-hydrogen) atoms. The summed E-state index contributed by atoms with van der Waals surface area (Å²) in [4.78, 5) is 1.67. The predicted molar refractivity (Wildman–Crippen MR) is 85.3 cm³/mol. The molecule has 2 aliphatic heterocycles. The Balaban J connectivity index is 1.40. The van der Waals surface area contributed by atoms with Crippen LogP contribution in [-0.4, -0.2) is 46.5 Å². The molecule has 6 nitrogen and oxygen atoms in total. The van der Waals surface area contributed by atoms with E-state index in [2.05, 4.69) is 15.5 Å². The molecule has 122 valence electrons. The first-order valence-electron chi connectivity index (χ1n) is 8.27. The van der Waals surface area contributed by atoms with Gasteiger partial charge in [0.15, 0.2) is 0 Å². The number of para-hydroxylation sites is 1. The average molecular weight is 314 g/mol. The first kappa shape index (κ1) is 14.8. The normalized spacial score (nSPS) is 23.4. The van der Waals surface area contributed by atoms with E-state index in [9.17, 15) is 0 Å². The van der Waals surface area contributed by atoms with E-state index in [-0.39, 0.29) is 5.60 Å². The molecular weight excluding hydrogens is 292 g/mol. The van der Waals surface area contributed by atoms with Crippen LogP contribution in [0.15, 0.2) is 36.5 Å². The van der Waals surface area contributed by atoms with Crippen molar-refractivity contribution < 1.29 is 9.47 Å². The second kappa shape index (κ2) is 6.39. The van der Waals surface area contributed by atoms with Crippen LogP contribution in [0.5, 0.6) is 0 Å². The Hall–Kier alpha value is -1.76. The minimum absolute atomic E-state index is 0.0479. The molecule has 0 amide bonds. The standard InChI is InChI=1S/C17H22N4O2/c1-2-4-15(5-3-1)21-19-13-14(20-21)12-18-16-6-9-23-17(16)7-10-22-11-8-17/h1-5,13,16,18H,6-12H2. The van der Waals surface area contributed by atoms with E-state index >= 15 is 0 Å². The van der Waals surface area contributed by atoms with Crippen LogP contribution >= 0.6 is 0 Å². The molecule has 1 N–H and O–H groups in total. The number of aromatic nitrogens is 3. The van der Waals surface area contributed by atoms with Gasteiger partial charge in [0.25, 0.3) is 0 Å². The van der Waals surface area contributed by atoms with Crippen molar-refractivity contribution in [1.82, 2.24) is 20.3 Å². The fourth-order valence-corrected chi connectivity index (χ4v) is 3.53. The molecule has 6 heteroatoms. The second-order valence-corrected chi connectivity index (χ2v) is 6.21. The number of rotatable bonds is 4. The molecule has 0 saturated carbocycles. The first-order chi connectivity index (χ1) is 11.4. The van der Waals surface area contributed by atoms with Crippen LogP contribution in [0.2, 0.25) is 0 Å². The zero-order valence-corrected chi connectivity index (χ0v) is 13.1. The van der Waals surface area contributed by atoms with E-state index in [0.29, 0.717) is 12.6 Å². The third-order valence-electron chi connectivity index (χ3n) is 4.83. The second-order valence-electron chi connectivity index (χ2n) is 6.21. The molecule has 2 aliphatic rings. The molecule has 0 bridgehead atoms. The minimum Gasteiger partial charge on any atom is -0.381 e. The van der Waals surface area contributed by atoms with Gasteiger partial charge >= 0.3 is 0 Å². The zero-order chi connectivity index (χ0) is 15.5. The van der Waals surface area contributed by atoms with Crippen molar-refractivity contribution in [3.8, 4) is 5.69 Å². The van der Waals surface area contributed by atoms with E-state index in [1.807, 2.05) is 36.5 Å². The lowest BCUT2D eigenvalue weighted by molar-refractivity contribution is -0.0886. The third-order valence-corrected chi connectivity index (χ3v) is 4.83. The van der Waals surface area contributed by atoms with E-state index in [1.54, 1.807) is 4.80 Å². The summed E-state index contributed by atoms with van der Waals surface area (Å²) >= 11 is 0. The lowest BCUT2D eigenvalue weighted by Gasteiger charge is -2.37. The number of nitrogens with one attached hydrogen (secondary N) is 1. The van der Waals surface area contributed by atoms with Gasteiger partial charge in [-0.1, -0.05) is 18.2 Å². The highest BCUT2D eigenvalue weighted by Crippen LogP contribution is 2.35. The fourth-order valence-electron chi connectivity index (χ4n) is 3.53. The van der Waals surface area contributed by atoms with Gasteiger partial charge in [0, 0.05) is 45.2 Å². The van der Waals surface area contributed by atoms with Crippen LogP contribution in [0.25, 0.3) is 5.69 Å². The molecular formula is C17H22N4O2. The Morgan fingerprint density at radius 3 is 2.83 bits per heavy atom. The van der Waals surface area contributed by atoms with Crippen molar-refractivity contribution in [2.45, 2.75) is 37.5 Å². The first-order valence-corrected chi connectivity index (χ1v) is 8.27. The van der Waals surface area contributed by atoms with Crippen LogP contribution in [0, 0.1) is 0 Å². The smallest absolute Gasteiger partial charge is 0.0969 e. The Morgan fingerprint density at radius 1 is 1.17 bits per heavy atom. The van der Waals surface area contributed by atoms with Gasteiger partial charge in [-0.3, -0.25) is 0 Å². The van der Waals surface area contributed by atoms with E-state index in [4.69, 9.17) is 9.47 Å². The van der Waals surface area contributed by atoms with Crippen LogP contribution in [-0.2, 0) is 16.0 Å². The van der Waals surface area contributed by atoms with Gasteiger partial charge in [0.1, 0.15) is 0 Å². The van der Waals surface area contributed by atoms with Crippen molar-refractivity contribution in [3.63, 3.8) is 0 Å². The summed E-state index contributed by atoms with van der Waals surface area (Å²) in [6.45, 7) is 3.13. The summed E-state index contributed by atoms with van der Waals surface area (Å²) in [5.41, 5.74) is 1.88. The molecule has 3 heterocycles. The Labute approximate surface area is 135 Å². The minimum atomic E-state index is -0.0479. The van der Waals surface area contributed by atoms with E-state index < -0.39 is 0 Å². The van der Waals surface area contributed by atoms with Crippen LogP contribution < -0.4 is 5.32 Å². The summed E-state index contributed by atoms with van der Waals surface area (Å²) in [7, 11) is 0. The number of hydrogen-bond acceptors (Lipinski definition) is 5. The molecule has 4 rings (SSSR count). The number of nitrogens with zero attached hydrogens (tertiary/aromatic N) is 3. The zero-order valence-electron chi connectivity index (χ0n) is 13.1. The van der Waals surface area contributed by atoms with Gasteiger partial charge in [-0.2, -0.15) is 15.0 Å². The SMILES string of the molecule is c1ccc(-n2ncc(CNC3CCOC34CCOCC4)n2)cc1. The molecule has 1 aromatic heterocycles. The molecule has 1 aromatic carbocycles. The molecule has 0 aliphatic carbocycles. The van der Waals surface area contributed by atoms with Gasteiger partial charge in [0.05, 0.1) is 23.2 Å². The Morgan fingerprint density at radius 2 is 2.00 bits per heavy atom. The highest BCUT2D eigenvalue weighted by molar-refractivity contribution is 5.28. The molecule has 2 saturated heterocycles. The summed E-state index contributed by atoms with van der Waals surface area (Å²) in [6.07, 6.45) is 4.82. The lowest BCUT2D eigenvalue weighted by Crippen LogP contribution is -2.50. The van der Waals surface area contributed by atoms with Gasteiger partial charge < -0.3 is 14.8 Å². The van der Waals surface area contributed by atoms with Crippen LogP contribution in [0.4, 0.5) is 0 Å². The van der Waals surface area contributed by atoms with Crippen molar-refractivity contribution in [2.75, 3.05) is 19.8 Å². The highest BCUT2D eigenvalue weighted by Gasteiger charge is 2.45. The average Bonchev–Trinajstić information content (AvgIpc) is 3.22. The molecule has 2 fully saturated rings. The monoisotopic (exact) mass is 314 g/mol. The summed E-state index contributed by atoms with van der Waals surface area (Å²) in [5.74, 6) is 0. The van der Waals surface area contributed by atoms with Crippen molar-refractivity contribution >= 4 is 0 Å². The number of ether oxygens (including phenoxy) is 2. The largest absolute Gasteiger partial charge is 0.381 e. The van der Waals surface area contributed by atoms with Gasteiger partial charge in [0.2, 0.25) is 0 Å². The lowest BCUT2D eigenvalue weighted by atomic mass is 9.86. The number of benzene rings is 1. The van der Waals surface area contributed by atoms with E-state index in [0.717, 1.165) is 50.5 Å². The predicted octanol–water partition coefficient (Wildman–Crippen LogP) is 1.69. The molecule has 0 radical (unpaired) electrons. The van der Waals surface area contributed by atoms with Crippen molar-refractivity contribution in [3.05, 3.63) is 42.2 Å². The van der Waals surface area contributed by atoms with Crippen molar-refractivity contribution in [1.29, 1.82) is 0 Å². The maximum absolute atomic E-state index is 6.07. The Bertz CT molecular complexity index is 637. The Kier molecular flexibility index (Phi) is 4.11. The maximum atomic E-state index is 6.07. The maximum Gasteiger partial charge on any atom is 0.0969 e. The fraction of sp³-hybridized carbons (Fsp3) is 0.529. The summed E-state index contributed by atoms with van der Waals surface area (Å²) in [6, 6.07) is 10.3. The molecule has 1 atom stereocenters. The highest BCUT2D eigenvalue weighted by atomic mass is 16.5. The molecule has 2 aromatic rings. The van der Waals surface area contributed by atoms with Crippen LogP contribution in [0.1, 0.15) is 25.0 Å². The van der Waals surface area contributed by atoms with Gasteiger partial charge in [-0.25, -0.2) is 0 Å². The number of hydrogen-bond donors (Lipinski definition) is 1. The quantitative estimate of drug-likeness (QED) is 0.930. The molecule has 1 spiro atoms. The van der Waals surface area contributed by atoms with Gasteiger partial charge in [-0.05, 0) is 18.6 Å². The third kappa shape index (κ3) is 3.02. The van der Waals surface area contributed by atoms with E-state index in [1.165, 1.54) is 0 Å². The summed E-state index contributed by atoms with van der Waals surface area (Å²) in [5, 5.41) is 12.5.